The second-order valence-electron chi connectivity index (χ2n) is 4.52. The molecule has 0 bridgehead atoms. The molecule has 2 aromatic heterocycles. The predicted octanol–water partition coefficient (Wildman–Crippen LogP) is 1.37. The van der Waals surface area contributed by atoms with Crippen LogP contribution in [0.2, 0.25) is 0 Å². The van der Waals surface area contributed by atoms with Crippen molar-refractivity contribution in [2.45, 2.75) is 32.1 Å². The maximum atomic E-state index is 11.4. The molecule has 0 atom stereocenters. The van der Waals surface area contributed by atoms with Crippen LogP contribution in [0.15, 0.2) is 6.33 Å². The molecule has 1 fully saturated rings. The monoisotopic (exact) mass is 252 g/mol. The van der Waals surface area contributed by atoms with E-state index < -0.39 is 11.4 Å². The van der Waals surface area contributed by atoms with Gasteiger partial charge in [0, 0.05) is 6.42 Å². The maximum Gasteiger partial charge on any atom is 0.310 e. The van der Waals surface area contributed by atoms with E-state index in [0.717, 1.165) is 35.7 Å². The zero-order chi connectivity index (χ0) is 11.9. The van der Waals surface area contributed by atoms with E-state index in [1.54, 1.807) is 4.52 Å². The minimum atomic E-state index is -0.694. The third-order valence-electron chi connectivity index (χ3n) is 3.43. The number of aliphatic carboxylic acids is 1. The lowest BCUT2D eigenvalue weighted by Crippen LogP contribution is -2.30. The van der Waals surface area contributed by atoms with Gasteiger partial charge in [-0.2, -0.15) is 9.61 Å². The average Bonchev–Trinajstić information content (AvgIpc) is 2.92. The van der Waals surface area contributed by atoms with Gasteiger partial charge in [0.15, 0.2) is 0 Å². The first kappa shape index (κ1) is 10.6. The zero-order valence-corrected chi connectivity index (χ0v) is 9.98. The maximum absolute atomic E-state index is 11.4. The van der Waals surface area contributed by atoms with Crippen molar-refractivity contribution in [2.75, 3.05) is 0 Å². The fraction of sp³-hybridized carbons (Fsp3) is 0.600. The Balaban J connectivity index is 1.90. The van der Waals surface area contributed by atoms with E-state index in [-0.39, 0.29) is 0 Å². The molecule has 0 saturated heterocycles. The number of carboxylic acids is 1. The molecule has 2 heterocycles. The van der Waals surface area contributed by atoms with E-state index >= 15 is 0 Å². The van der Waals surface area contributed by atoms with Crippen molar-refractivity contribution in [2.24, 2.45) is 5.41 Å². The highest BCUT2D eigenvalue weighted by Crippen LogP contribution is 2.41. The first-order valence-corrected chi connectivity index (χ1v) is 6.40. The molecular weight excluding hydrogens is 240 g/mol. The Kier molecular flexibility index (Phi) is 2.36. The fourth-order valence-corrected chi connectivity index (χ4v) is 3.44. The molecule has 17 heavy (non-hydrogen) atoms. The van der Waals surface area contributed by atoms with E-state index in [1.165, 1.54) is 17.7 Å². The summed E-state index contributed by atoms with van der Waals surface area (Å²) in [4.78, 5) is 12.1. The number of hydrogen-bond donors (Lipinski definition) is 1. The molecule has 1 saturated carbocycles. The molecule has 3 rings (SSSR count). The molecule has 0 amide bonds. The van der Waals surface area contributed by atoms with Crippen LogP contribution in [0.5, 0.6) is 0 Å². The van der Waals surface area contributed by atoms with Crippen molar-refractivity contribution in [1.29, 1.82) is 0 Å². The number of aromatic nitrogens is 4. The van der Waals surface area contributed by atoms with Crippen LogP contribution in [-0.2, 0) is 11.2 Å². The summed E-state index contributed by atoms with van der Waals surface area (Å²) in [7, 11) is 0. The van der Waals surface area contributed by atoms with Crippen molar-refractivity contribution in [3.8, 4) is 0 Å². The van der Waals surface area contributed by atoms with Crippen LogP contribution in [0, 0.1) is 5.41 Å². The summed E-state index contributed by atoms with van der Waals surface area (Å²) in [6.07, 6.45) is 5.55. The average molecular weight is 252 g/mol. The summed E-state index contributed by atoms with van der Waals surface area (Å²) >= 11 is 1.42. The van der Waals surface area contributed by atoms with Gasteiger partial charge in [0.05, 0.1) is 5.41 Å². The lowest BCUT2D eigenvalue weighted by atomic mass is 9.83. The van der Waals surface area contributed by atoms with Crippen molar-refractivity contribution in [3.05, 3.63) is 11.3 Å². The van der Waals surface area contributed by atoms with E-state index in [4.69, 9.17) is 0 Å². The van der Waals surface area contributed by atoms with Gasteiger partial charge in [-0.25, -0.2) is 0 Å². The highest BCUT2D eigenvalue weighted by atomic mass is 32.1. The summed E-state index contributed by atoms with van der Waals surface area (Å²) < 4.78 is 1.60. The van der Waals surface area contributed by atoms with Gasteiger partial charge >= 0.3 is 5.97 Å². The number of hydrogen-bond acceptors (Lipinski definition) is 5. The quantitative estimate of drug-likeness (QED) is 0.892. The normalized spacial score (nSPS) is 18.8. The summed E-state index contributed by atoms with van der Waals surface area (Å²) in [6.45, 7) is 0. The number of rotatable bonds is 3. The van der Waals surface area contributed by atoms with Crippen LogP contribution in [-0.4, -0.2) is 30.9 Å². The minimum absolute atomic E-state index is 0.510. The Morgan fingerprint density at radius 3 is 2.94 bits per heavy atom. The Morgan fingerprint density at radius 1 is 1.53 bits per heavy atom. The van der Waals surface area contributed by atoms with Gasteiger partial charge in [-0.05, 0) is 12.8 Å². The second-order valence-corrected chi connectivity index (χ2v) is 5.56. The van der Waals surface area contributed by atoms with Crippen molar-refractivity contribution in [3.63, 3.8) is 0 Å². The highest BCUT2D eigenvalue weighted by Gasteiger charge is 2.42. The number of carbonyl (C=O) groups is 1. The lowest BCUT2D eigenvalue weighted by molar-refractivity contribution is -0.148. The molecule has 1 aliphatic rings. The molecule has 0 radical (unpaired) electrons. The van der Waals surface area contributed by atoms with Gasteiger partial charge in [-0.15, -0.1) is 10.2 Å². The summed E-state index contributed by atoms with van der Waals surface area (Å²) in [5.74, 6) is -0.694. The Morgan fingerprint density at radius 2 is 2.29 bits per heavy atom. The van der Waals surface area contributed by atoms with Crippen LogP contribution in [0.25, 0.3) is 4.96 Å². The molecule has 0 aliphatic heterocycles. The summed E-state index contributed by atoms with van der Waals surface area (Å²) in [5.41, 5.74) is -0.608. The van der Waals surface area contributed by atoms with Crippen LogP contribution >= 0.6 is 11.3 Å². The van der Waals surface area contributed by atoms with Gasteiger partial charge in [-0.1, -0.05) is 24.2 Å². The summed E-state index contributed by atoms with van der Waals surface area (Å²) in [5, 5.41) is 22.2. The third-order valence-corrected chi connectivity index (χ3v) is 4.35. The van der Waals surface area contributed by atoms with Gasteiger partial charge < -0.3 is 5.11 Å². The fourth-order valence-electron chi connectivity index (χ4n) is 2.48. The molecule has 90 valence electrons. The van der Waals surface area contributed by atoms with Crippen LogP contribution in [0.1, 0.15) is 30.7 Å². The van der Waals surface area contributed by atoms with Crippen LogP contribution < -0.4 is 0 Å². The number of nitrogens with zero attached hydrogens (tertiary/aromatic N) is 4. The Hall–Kier alpha value is -1.50. The van der Waals surface area contributed by atoms with Gasteiger partial charge in [0.1, 0.15) is 11.3 Å². The predicted molar refractivity (Wildman–Crippen MR) is 60.9 cm³/mol. The highest BCUT2D eigenvalue weighted by molar-refractivity contribution is 7.16. The van der Waals surface area contributed by atoms with E-state index in [2.05, 4.69) is 15.3 Å². The molecule has 0 unspecified atom stereocenters. The topological polar surface area (TPSA) is 80.4 Å². The minimum Gasteiger partial charge on any atom is -0.481 e. The SMILES string of the molecule is O=C(O)C1(Cc2nn3cnnc3s2)CCCC1. The van der Waals surface area contributed by atoms with E-state index in [9.17, 15) is 9.90 Å². The molecule has 2 aromatic rings. The van der Waals surface area contributed by atoms with Crippen LogP contribution in [0.3, 0.4) is 0 Å². The molecule has 7 heteroatoms. The first-order valence-electron chi connectivity index (χ1n) is 5.59. The van der Waals surface area contributed by atoms with Crippen molar-refractivity contribution >= 4 is 22.3 Å². The molecule has 0 spiro atoms. The van der Waals surface area contributed by atoms with Crippen LogP contribution in [0.4, 0.5) is 0 Å². The Bertz CT molecular complexity index is 527. The van der Waals surface area contributed by atoms with E-state index in [1.807, 2.05) is 0 Å². The second kappa shape index (κ2) is 3.76. The van der Waals surface area contributed by atoms with Gasteiger partial charge in [-0.3, -0.25) is 4.79 Å². The molecule has 0 aromatic carbocycles. The van der Waals surface area contributed by atoms with Crippen molar-refractivity contribution < 1.29 is 9.90 Å². The van der Waals surface area contributed by atoms with Gasteiger partial charge in [0.2, 0.25) is 4.96 Å². The van der Waals surface area contributed by atoms with Crippen molar-refractivity contribution in [1.82, 2.24) is 19.8 Å². The number of fused-ring (bicyclic) bond motifs is 1. The van der Waals surface area contributed by atoms with E-state index in [0.29, 0.717) is 6.42 Å². The number of carboxylic acid groups (broad SMARTS) is 1. The first-order chi connectivity index (χ1) is 8.20. The lowest BCUT2D eigenvalue weighted by Gasteiger charge is -2.21. The summed E-state index contributed by atoms with van der Waals surface area (Å²) in [6, 6.07) is 0. The standard InChI is InChI=1S/C10H12N4O2S/c15-8(16)10(3-1-2-4-10)5-7-13-14-6-11-12-9(14)17-7/h6H,1-5H2,(H,15,16). The van der Waals surface area contributed by atoms with Gasteiger partial charge in [0.25, 0.3) is 0 Å². The molecular formula is C10H12N4O2S. The zero-order valence-electron chi connectivity index (χ0n) is 9.17. The molecule has 1 N–H and O–H groups in total. The Labute approximate surface area is 101 Å². The molecule has 6 nitrogen and oxygen atoms in total. The smallest absolute Gasteiger partial charge is 0.310 e. The molecule has 1 aliphatic carbocycles. The largest absolute Gasteiger partial charge is 0.481 e. The third kappa shape index (κ3) is 1.70.